The van der Waals surface area contributed by atoms with Crippen molar-refractivity contribution in [2.24, 2.45) is 10.5 Å². The summed E-state index contributed by atoms with van der Waals surface area (Å²) in [5, 5.41) is 22.2. The molecule has 0 aliphatic carbocycles. The number of nitrogens with zero attached hydrogens (tertiary/aromatic N) is 3. The molecule has 0 spiro atoms. The molecule has 0 saturated heterocycles. The second-order valence-electron chi connectivity index (χ2n) is 11.1. The lowest BCUT2D eigenvalue weighted by molar-refractivity contribution is -0.137. The molecule has 1 aliphatic heterocycles. The second-order valence-corrected chi connectivity index (χ2v) is 11.1. The SMILES string of the molecule is CCCC[C@H](NC(=O)O[C@H](CN1CCC(c2ccc(C(F)(F)F)cc2)=N1)C(C)(C)C)[C@H](O)C(=O)Nc1ccccn1. The van der Waals surface area contributed by atoms with E-state index in [1.54, 1.807) is 23.2 Å². The summed E-state index contributed by atoms with van der Waals surface area (Å²) < 4.78 is 44.5. The van der Waals surface area contributed by atoms with Gasteiger partial charge in [-0.25, -0.2) is 9.78 Å². The number of hydrogen-bond acceptors (Lipinski definition) is 7. The first-order chi connectivity index (χ1) is 19.3. The van der Waals surface area contributed by atoms with E-state index in [0.717, 1.165) is 18.6 Å². The van der Waals surface area contributed by atoms with Crippen LogP contribution >= 0.6 is 0 Å². The summed E-state index contributed by atoms with van der Waals surface area (Å²) in [5.74, 6) is -0.414. The third-order valence-electron chi connectivity index (χ3n) is 6.74. The number of carbonyl (C=O) groups is 2. The zero-order chi connectivity index (χ0) is 30.2. The summed E-state index contributed by atoms with van der Waals surface area (Å²) in [6.07, 6.45) is -3.48. The molecule has 1 aromatic carbocycles. The first-order valence-corrected chi connectivity index (χ1v) is 13.6. The highest BCUT2D eigenvalue weighted by Crippen LogP contribution is 2.30. The van der Waals surface area contributed by atoms with Crippen molar-refractivity contribution in [2.45, 2.75) is 77.8 Å². The third kappa shape index (κ3) is 9.44. The van der Waals surface area contributed by atoms with Gasteiger partial charge in [0.2, 0.25) is 0 Å². The number of alkyl carbamates (subject to hydrolysis) is 1. The van der Waals surface area contributed by atoms with Crippen LogP contribution in [0, 0.1) is 5.41 Å². The molecule has 12 heteroatoms. The smallest absolute Gasteiger partial charge is 0.416 e. The number of anilines is 1. The number of aliphatic hydroxyl groups is 1. The van der Waals surface area contributed by atoms with Gasteiger partial charge in [-0.05, 0) is 36.2 Å². The number of hydrogen-bond donors (Lipinski definition) is 3. The van der Waals surface area contributed by atoms with Crippen molar-refractivity contribution in [2.75, 3.05) is 18.4 Å². The quantitative estimate of drug-likeness (QED) is 0.338. The molecule has 3 N–H and O–H groups in total. The first-order valence-electron chi connectivity index (χ1n) is 13.6. The number of pyridine rings is 1. The summed E-state index contributed by atoms with van der Waals surface area (Å²) in [4.78, 5) is 29.7. The number of amides is 2. The summed E-state index contributed by atoms with van der Waals surface area (Å²) in [6.45, 7) is 8.45. The Hall–Kier alpha value is -3.67. The van der Waals surface area contributed by atoms with Crippen molar-refractivity contribution in [3.63, 3.8) is 0 Å². The first kappa shape index (κ1) is 31.9. The van der Waals surface area contributed by atoms with Gasteiger partial charge in [0.1, 0.15) is 11.9 Å². The van der Waals surface area contributed by atoms with Gasteiger partial charge in [-0.3, -0.25) is 9.80 Å². The number of ether oxygens (including phenoxy) is 1. The molecule has 3 atom stereocenters. The lowest BCUT2D eigenvalue weighted by Crippen LogP contribution is -2.51. The van der Waals surface area contributed by atoms with Gasteiger partial charge < -0.3 is 20.5 Å². The van der Waals surface area contributed by atoms with Crippen LogP contribution in [-0.2, 0) is 15.7 Å². The molecule has 0 fully saturated rings. The van der Waals surface area contributed by atoms with Crippen LogP contribution in [0.2, 0.25) is 0 Å². The van der Waals surface area contributed by atoms with E-state index >= 15 is 0 Å². The molecule has 2 heterocycles. The molecule has 9 nitrogen and oxygen atoms in total. The lowest BCUT2D eigenvalue weighted by Gasteiger charge is -2.33. The van der Waals surface area contributed by atoms with E-state index in [4.69, 9.17) is 4.74 Å². The topological polar surface area (TPSA) is 116 Å². The maximum absolute atomic E-state index is 13.0. The Morgan fingerprint density at radius 2 is 1.83 bits per heavy atom. The van der Waals surface area contributed by atoms with Crippen molar-refractivity contribution < 1.29 is 32.6 Å². The van der Waals surface area contributed by atoms with Gasteiger partial charge in [-0.2, -0.15) is 18.3 Å². The Bertz CT molecular complexity index is 1180. The standard InChI is InChI=1S/C29H38F3N5O4/c1-5-6-9-22(25(38)26(39)35-24-10-7-8-16-33-24)34-27(40)41-23(28(2,3)4)18-37-17-15-21(36-37)19-11-13-20(14-12-19)29(30,31)32/h7-8,10-14,16,22-23,25,38H,5-6,9,15,17-18H2,1-4H3,(H,34,40)(H,33,35,39)/t22-,23+,25-/m0/s1. The number of benzene rings is 1. The molecule has 0 radical (unpaired) electrons. The van der Waals surface area contributed by atoms with Gasteiger partial charge in [-0.15, -0.1) is 0 Å². The highest BCUT2D eigenvalue weighted by Gasteiger charge is 2.34. The Morgan fingerprint density at radius 1 is 1.12 bits per heavy atom. The molecule has 1 aromatic heterocycles. The third-order valence-corrected chi connectivity index (χ3v) is 6.74. The van der Waals surface area contributed by atoms with Crippen molar-refractivity contribution >= 4 is 23.5 Å². The summed E-state index contributed by atoms with van der Waals surface area (Å²) in [6, 6.07) is 8.97. The number of rotatable bonds is 11. The number of carbonyl (C=O) groups excluding carboxylic acids is 2. The van der Waals surface area contributed by atoms with E-state index in [9.17, 15) is 27.9 Å². The molecule has 0 unspecified atom stereocenters. The molecule has 224 valence electrons. The molecular weight excluding hydrogens is 539 g/mol. The number of nitrogens with one attached hydrogen (secondary N) is 2. The number of aliphatic hydroxyl groups excluding tert-OH is 1. The van der Waals surface area contributed by atoms with Gasteiger partial charge in [0.15, 0.2) is 6.10 Å². The fraction of sp³-hybridized carbons (Fsp3) is 0.517. The van der Waals surface area contributed by atoms with Crippen LogP contribution in [0.25, 0.3) is 0 Å². The lowest BCUT2D eigenvalue weighted by atomic mass is 9.89. The molecular formula is C29H38F3N5O4. The molecule has 1 aliphatic rings. The van der Waals surface area contributed by atoms with Crippen LogP contribution in [0.15, 0.2) is 53.8 Å². The van der Waals surface area contributed by atoms with Crippen molar-refractivity contribution in [1.29, 1.82) is 0 Å². The zero-order valence-corrected chi connectivity index (χ0v) is 23.7. The van der Waals surface area contributed by atoms with E-state index in [0.29, 0.717) is 37.1 Å². The Morgan fingerprint density at radius 3 is 2.41 bits per heavy atom. The minimum Gasteiger partial charge on any atom is -0.444 e. The van der Waals surface area contributed by atoms with Crippen LogP contribution in [-0.4, -0.2) is 64.2 Å². The van der Waals surface area contributed by atoms with Crippen LogP contribution in [0.1, 0.15) is 64.5 Å². The molecule has 3 rings (SSSR count). The van der Waals surface area contributed by atoms with E-state index in [2.05, 4.69) is 20.7 Å². The molecule has 41 heavy (non-hydrogen) atoms. The summed E-state index contributed by atoms with van der Waals surface area (Å²) in [5.41, 5.74) is 0.0406. The van der Waals surface area contributed by atoms with E-state index in [-0.39, 0.29) is 12.4 Å². The monoisotopic (exact) mass is 577 g/mol. The number of alkyl halides is 3. The average Bonchev–Trinajstić information content (AvgIpc) is 3.38. The number of halogens is 3. The molecule has 0 bridgehead atoms. The Kier molecular flexibility index (Phi) is 10.7. The maximum atomic E-state index is 13.0. The fourth-order valence-corrected chi connectivity index (χ4v) is 4.24. The molecule has 2 aromatic rings. The van der Waals surface area contributed by atoms with Crippen LogP contribution in [0.4, 0.5) is 23.8 Å². The van der Waals surface area contributed by atoms with E-state index in [1.165, 1.54) is 18.3 Å². The Labute approximate surface area is 238 Å². The largest absolute Gasteiger partial charge is 0.444 e. The fourth-order valence-electron chi connectivity index (χ4n) is 4.24. The van der Waals surface area contributed by atoms with Crippen LogP contribution in [0.3, 0.4) is 0 Å². The van der Waals surface area contributed by atoms with Gasteiger partial charge in [-0.1, -0.05) is 58.7 Å². The van der Waals surface area contributed by atoms with Crippen molar-refractivity contribution in [3.05, 3.63) is 59.8 Å². The summed E-state index contributed by atoms with van der Waals surface area (Å²) >= 11 is 0. The van der Waals surface area contributed by atoms with Gasteiger partial charge >= 0.3 is 12.3 Å². The van der Waals surface area contributed by atoms with Crippen LogP contribution in [0.5, 0.6) is 0 Å². The summed E-state index contributed by atoms with van der Waals surface area (Å²) in [7, 11) is 0. The zero-order valence-electron chi connectivity index (χ0n) is 23.7. The number of aromatic nitrogens is 1. The highest BCUT2D eigenvalue weighted by molar-refractivity contribution is 6.01. The molecule has 2 amide bonds. The normalized spacial score (nSPS) is 16.0. The van der Waals surface area contributed by atoms with Crippen molar-refractivity contribution in [1.82, 2.24) is 15.3 Å². The van der Waals surface area contributed by atoms with Gasteiger partial charge in [0.05, 0.1) is 23.9 Å². The van der Waals surface area contributed by atoms with Crippen LogP contribution < -0.4 is 10.6 Å². The average molecular weight is 578 g/mol. The van der Waals surface area contributed by atoms with E-state index in [1.807, 2.05) is 27.7 Å². The minimum absolute atomic E-state index is 0.253. The predicted octanol–water partition coefficient (Wildman–Crippen LogP) is 5.21. The Balaban J connectivity index is 1.65. The number of hydrazone groups is 1. The highest BCUT2D eigenvalue weighted by atomic mass is 19.4. The number of unbranched alkanes of at least 4 members (excludes halogenated alkanes) is 1. The molecule has 0 saturated carbocycles. The second kappa shape index (κ2) is 13.8. The van der Waals surface area contributed by atoms with Gasteiger partial charge in [0, 0.05) is 24.6 Å². The van der Waals surface area contributed by atoms with Crippen molar-refractivity contribution in [3.8, 4) is 0 Å². The minimum atomic E-state index is -4.41. The van der Waals surface area contributed by atoms with Gasteiger partial charge in [0.25, 0.3) is 5.91 Å². The predicted molar refractivity (Wildman–Crippen MR) is 149 cm³/mol. The van der Waals surface area contributed by atoms with E-state index < -0.39 is 47.4 Å². The maximum Gasteiger partial charge on any atom is 0.416 e.